The van der Waals surface area contributed by atoms with Crippen LogP contribution in [-0.4, -0.2) is 37.7 Å². The predicted octanol–water partition coefficient (Wildman–Crippen LogP) is 2.76. The molecule has 5 nitrogen and oxygen atoms in total. The molecule has 2 aromatic rings. The highest BCUT2D eigenvalue weighted by Gasteiger charge is 2.04. The molecule has 2 rings (SSSR count). The molecule has 0 spiro atoms. The van der Waals surface area contributed by atoms with Crippen molar-refractivity contribution in [2.75, 3.05) is 26.7 Å². The molecule has 0 fully saturated rings. The number of pyridine rings is 1. The van der Waals surface area contributed by atoms with E-state index in [9.17, 15) is 8.78 Å². The number of benzene rings is 1. The first kappa shape index (κ1) is 21.1. The highest BCUT2D eigenvalue weighted by molar-refractivity contribution is 14.0. The average molecular weight is 462 g/mol. The van der Waals surface area contributed by atoms with Crippen molar-refractivity contribution in [3.63, 3.8) is 0 Å². The summed E-state index contributed by atoms with van der Waals surface area (Å²) in [6.45, 7) is 1.43. The monoisotopic (exact) mass is 462 g/mol. The van der Waals surface area contributed by atoms with E-state index in [1.54, 1.807) is 25.5 Å². The number of nitrogens with zero attached hydrogens (tertiary/aromatic N) is 2. The van der Waals surface area contributed by atoms with Crippen molar-refractivity contribution < 1.29 is 13.5 Å². The fourth-order valence-corrected chi connectivity index (χ4v) is 2.04. The number of aromatic nitrogens is 1. The molecule has 1 heterocycles. The third-order valence-electron chi connectivity index (χ3n) is 3.22. The lowest BCUT2D eigenvalue weighted by Gasteiger charge is -2.12. The van der Waals surface area contributed by atoms with Crippen molar-refractivity contribution in [3.8, 4) is 5.75 Å². The van der Waals surface area contributed by atoms with Gasteiger partial charge in [-0.2, -0.15) is 0 Å². The Hall–Kier alpha value is -1.97. The molecule has 8 heteroatoms. The molecule has 1 aromatic heterocycles. The Labute approximate surface area is 162 Å². The number of aliphatic imine (C=N–C) groups is 1. The summed E-state index contributed by atoms with van der Waals surface area (Å²) < 4.78 is 32.1. The second-order valence-corrected chi connectivity index (χ2v) is 4.95. The SMILES string of the molecule is CN=C(NCCOc1cccnc1)NCCc1cc(F)ccc1F.I. The lowest BCUT2D eigenvalue weighted by Crippen LogP contribution is -2.40. The van der Waals surface area contributed by atoms with Crippen LogP contribution >= 0.6 is 24.0 Å². The molecule has 0 aliphatic carbocycles. The Morgan fingerprint density at radius 2 is 2.00 bits per heavy atom. The first-order valence-electron chi connectivity index (χ1n) is 7.60. The van der Waals surface area contributed by atoms with E-state index in [1.807, 2.05) is 6.07 Å². The maximum Gasteiger partial charge on any atom is 0.191 e. The van der Waals surface area contributed by atoms with Crippen molar-refractivity contribution in [1.82, 2.24) is 15.6 Å². The molecule has 1 aromatic carbocycles. The Balaban J connectivity index is 0.00000312. The first-order valence-corrected chi connectivity index (χ1v) is 7.60. The van der Waals surface area contributed by atoms with Crippen LogP contribution in [0.3, 0.4) is 0 Å². The normalized spacial score (nSPS) is 10.8. The molecule has 0 amide bonds. The highest BCUT2D eigenvalue weighted by Crippen LogP contribution is 2.09. The third kappa shape index (κ3) is 7.63. The summed E-state index contributed by atoms with van der Waals surface area (Å²) in [4.78, 5) is 8.02. The number of rotatable bonds is 7. The van der Waals surface area contributed by atoms with Crippen molar-refractivity contribution in [3.05, 3.63) is 59.9 Å². The Morgan fingerprint density at radius 3 is 2.72 bits per heavy atom. The van der Waals surface area contributed by atoms with E-state index in [1.165, 1.54) is 6.07 Å². The van der Waals surface area contributed by atoms with E-state index < -0.39 is 11.6 Å². The first-order chi connectivity index (χ1) is 11.7. The third-order valence-corrected chi connectivity index (χ3v) is 3.22. The molecular formula is C17H21F2IN4O. The van der Waals surface area contributed by atoms with Crippen LogP contribution in [0.25, 0.3) is 0 Å². The molecule has 0 radical (unpaired) electrons. The van der Waals surface area contributed by atoms with Crippen LogP contribution in [0.15, 0.2) is 47.7 Å². The van der Waals surface area contributed by atoms with Gasteiger partial charge < -0.3 is 15.4 Å². The number of hydrogen-bond donors (Lipinski definition) is 2. The fraction of sp³-hybridized carbons (Fsp3) is 0.294. The van der Waals surface area contributed by atoms with E-state index in [0.29, 0.717) is 43.4 Å². The van der Waals surface area contributed by atoms with Gasteiger partial charge in [0.05, 0.1) is 12.7 Å². The number of hydrogen-bond acceptors (Lipinski definition) is 3. The van der Waals surface area contributed by atoms with E-state index in [0.717, 1.165) is 12.1 Å². The van der Waals surface area contributed by atoms with Gasteiger partial charge in [-0.05, 0) is 42.3 Å². The van der Waals surface area contributed by atoms with E-state index in [4.69, 9.17) is 4.74 Å². The van der Waals surface area contributed by atoms with Gasteiger partial charge in [-0.15, -0.1) is 24.0 Å². The molecule has 0 saturated heterocycles. The second kappa shape index (κ2) is 11.6. The smallest absolute Gasteiger partial charge is 0.191 e. The molecule has 0 atom stereocenters. The molecule has 2 N–H and O–H groups in total. The number of nitrogens with one attached hydrogen (secondary N) is 2. The minimum Gasteiger partial charge on any atom is -0.490 e. The maximum atomic E-state index is 13.5. The van der Waals surface area contributed by atoms with Gasteiger partial charge in [-0.1, -0.05) is 0 Å². The summed E-state index contributed by atoms with van der Waals surface area (Å²) in [5.41, 5.74) is 0.331. The highest BCUT2D eigenvalue weighted by atomic mass is 127. The topological polar surface area (TPSA) is 58.5 Å². The van der Waals surface area contributed by atoms with Gasteiger partial charge in [-0.25, -0.2) is 8.78 Å². The second-order valence-electron chi connectivity index (χ2n) is 4.95. The Bertz CT molecular complexity index is 671. The van der Waals surface area contributed by atoms with Gasteiger partial charge in [0.15, 0.2) is 5.96 Å². The zero-order valence-corrected chi connectivity index (χ0v) is 16.2. The molecule has 0 aliphatic rings. The van der Waals surface area contributed by atoms with Crippen LogP contribution < -0.4 is 15.4 Å². The van der Waals surface area contributed by atoms with E-state index in [2.05, 4.69) is 20.6 Å². The van der Waals surface area contributed by atoms with Crippen molar-refractivity contribution in [1.29, 1.82) is 0 Å². The standard InChI is InChI=1S/C17H20F2N4O.HI/c1-20-17(23-9-10-24-15-3-2-7-21-12-15)22-8-6-13-11-14(18)4-5-16(13)19;/h2-5,7,11-12H,6,8-10H2,1H3,(H2,20,22,23);1H. The minimum absolute atomic E-state index is 0. The molecule has 0 bridgehead atoms. The van der Waals surface area contributed by atoms with Gasteiger partial charge in [0.2, 0.25) is 0 Å². The van der Waals surface area contributed by atoms with Crippen LogP contribution in [0.4, 0.5) is 8.78 Å². The van der Waals surface area contributed by atoms with Crippen molar-refractivity contribution in [2.45, 2.75) is 6.42 Å². The molecular weight excluding hydrogens is 441 g/mol. The van der Waals surface area contributed by atoms with E-state index >= 15 is 0 Å². The number of ether oxygens (including phenoxy) is 1. The van der Waals surface area contributed by atoms with Gasteiger partial charge >= 0.3 is 0 Å². The largest absolute Gasteiger partial charge is 0.490 e. The quantitative estimate of drug-likeness (QED) is 0.288. The molecule has 136 valence electrons. The van der Waals surface area contributed by atoms with Crippen molar-refractivity contribution >= 4 is 29.9 Å². The predicted molar refractivity (Wildman–Crippen MR) is 105 cm³/mol. The summed E-state index contributed by atoms with van der Waals surface area (Å²) in [7, 11) is 1.64. The summed E-state index contributed by atoms with van der Waals surface area (Å²) >= 11 is 0. The van der Waals surface area contributed by atoms with Crippen LogP contribution in [0.2, 0.25) is 0 Å². The van der Waals surface area contributed by atoms with Crippen LogP contribution in [0, 0.1) is 11.6 Å². The van der Waals surface area contributed by atoms with Crippen molar-refractivity contribution in [2.24, 2.45) is 4.99 Å². The average Bonchev–Trinajstić information content (AvgIpc) is 2.61. The number of halogens is 3. The summed E-state index contributed by atoms with van der Waals surface area (Å²) in [6, 6.07) is 7.07. The molecule has 25 heavy (non-hydrogen) atoms. The lowest BCUT2D eigenvalue weighted by atomic mass is 10.1. The minimum atomic E-state index is -0.443. The molecule has 0 saturated carbocycles. The Kier molecular flexibility index (Phi) is 9.75. The summed E-state index contributed by atoms with van der Waals surface area (Å²) in [5.74, 6) is 0.415. The zero-order chi connectivity index (χ0) is 17.2. The van der Waals surface area contributed by atoms with Crippen LogP contribution in [-0.2, 0) is 6.42 Å². The van der Waals surface area contributed by atoms with Crippen LogP contribution in [0.5, 0.6) is 5.75 Å². The zero-order valence-electron chi connectivity index (χ0n) is 13.8. The lowest BCUT2D eigenvalue weighted by molar-refractivity contribution is 0.320. The Morgan fingerprint density at radius 1 is 1.20 bits per heavy atom. The summed E-state index contributed by atoms with van der Waals surface area (Å²) in [5, 5.41) is 6.12. The van der Waals surface area contributed by atoms with Gasteiger partial charge in [0.25, 0.3) is 0 Å². The molecule has 0 unspecified atom stereocenters. The fourth-order valence-electron chi connectivity index (χ4n) is 2.04. The number of guanidine groups is 1. The van der Waals surface area contributed by atoms with Gasteiger partial charge in [0.1, 0.15) is 24.0 Å². The van der Waals surface area contributed by atoms with Gasteiger partial charge in [0, 0.05) is 19.8 Å². The maximum absolute atomic E-state index is 13.5. The van der Waals surface area contributed by atoms with Gasteiger partial charge in [-0.3, -0.25) is 9.98 Å². The van der Waals surface area contributed by atoms with Crippen LogP contribution in [0.1, 0.15) is 5.56 Å². The van der Waals surface area contributed by atoms with E-state index in [-0.39, 0.29) is 24.0 Å². The summed E-state index contributed by atoms with van der Waals surface area (Å²) in [6.07, 6.45) is 3.68. The molecule has 0 aliphatic heterocycles.